The van der Waals surface area contributed by atoms with Gasteiger partial charge in [-0.15, -0.1) is 0 Å². The van der Waals surface area contributed by atoms with E-state index in [1.54, 1.807) is 6.07 Å². The summed E-state index contributed by atoms with van der Waals surface area (Å²) in [6, 6.07) is 18.6. The van der Waals surface area contributed by atoms with Crippen LogP contribution in [0.5, 0.6) is 0 Å². The summed E-state index contributed by atoms with van der Waals surface area (Å²) < 4.78 is 15.8. The molecule has 4 heterocycles. The van der Waals surface area contributed by atoms with E-state index >= 15 is 4.39 Å². The standard InChI is InChI=1S/C26H18FN7O/c27-23-22-20(33-34-25(22)26-31-18-8-4-5-9-19(18)32-26)14-29-24(23)16-11-17(13-28-12-16)30-21(35)10-15-6-2-1-3-7-15/h1-9,11-14H,10H2,(H,30,35)(H,31,32)(H,33,34). The maximum atomic E-state index is 15.8. The maximum Gasteiger partial charge on any atom is 0.228 e. The molecule has 4 aromatic heterocycles. The number of fused-ring (bicyclic) bond motifs is 2. The number of nitrogens with one attached hydrogen (secondary N) is 3. The number of amides is 1. The van der Waals surface area contributed by atoms with Gasteiger partial charge in [0, 0.05) is 11.8 Å². The van der Waals surface area contributed by atoms with Crippen molar-refractivity contribution in [3.05, 3.63) is 90.6 Å². The van der Waals surface area contributed by atoms with Gasteiger partial charge in [0.25, 0.3) is 0 Å². The molecule has 0 atom stereocenters. The van der Waals surface area contributed by atoms with Gasteiger partial charge in [-0.2, -0.15) is 5.10 Å². The highest BCUT2D eigenvalue weighted by molar-refractivity contribution is 5.96. The van der Waals surface area contributed by atoms with E-state index < -0.39 is 5.82 Å². The molecule has 0 aliphatic carbocycles. The number of hydrogen-bond acceptors (Lipinski definition) is 5. The number of H-pyrrole nitrogens is 2. The molecule has 8 nitrogen and oxygen atoms in total. The average Bonchev–Trinajstić information content (AvgIpc) is 3.49. The van der Waals surface area contributed by atoms with Gasteiger partial charge in [0.05, 0.1) is 46.4 Å². The molecule has 0 aliphatic heterocycles. The third kappa shape index (κ3) is 3.89. The quantitative estimate of drug-likeness (QED) is 0.337. The Morgan fingerprint density at radius 2 is 1.77 bits per heavy atom. The van der Waals surface area contributed by atoms with E-state index in [1.165, 1.54) is 18.6 Å². The Hall–Kier alpha value is -4.92. The number of carbonyl (C=O) groups excluding carboxylic acids is 1. The molecular formula is C26H18FN7O. The lowest BCUT2D eigenvalue weighted by molar-refractivity contribution is -0.115. The van der Waals surface area contributed by atoms with E-state index in [2.05, 4.69) is 35.5 Å². The predicted molar refractivity (Wildman–Crippen MR) is 131 cm³/mol. The minimum atomic E-state index is -0.554. The SMILES string of the molecule is O=C(Cc1ccccc1)Nc1cncc(-c2ncc3[nH]nc(-c4nc5ccccc5[nH]4)c3c2F)c1. The summed E-state index contributed by atoms with van der Waals surface area (Å²) in [5, 5.41) is 10.2. The Morgan fingerprint density at radius 3 is 2.63 bits per heavy atom. The molecule has 0 radical (unpaired) electrons. The normalized spacial score (nSPS) is 11.2. The molecule has 0 aliphatic rings. The zero-order valence-electron chi connectivity index (χ0n) is 18.3. The van der Waals surface area contributed by atoms with Crippen LogP contribution in [0, 0.1) is 5.82 Å². The molecule has 1 amide bonds. The highest BCUT2D eigenvalue weighted by Crippen LogP contribution is 2.32. The molecule has 0 bridgehead atoms. The van der Waals surface area contributed by atoms with Crippen LogP contribution in [0.2, 0.25) is 0 Å². The lowest BCUT2D eigenvalue weighted by atomic mass is 10.1. The van der Waals surface area contributed by atoms with Crippen molar-refractivity contribution < 1.29 is 9.18 Å². The molecule has 6 aromatic rings. The van der Waals surface area contributed by atoms with Crippen molar-refractivity contribution in [1.29, 1.82) is 0 Å². The summed E-state index contributed by atoms with van der Waals surface area (Å²) in [7, 11) is 0. The monoisotopic (exact) mass is 463 g/mol. The number of imidazole rings is 1. The largest absolute Gasteiger partial charge is 0.337 e. The number of aromatic amines is 2. The van der Waals surface area contributed by atoms with Gasteiger partial charge in [-0.3, -0.25) is 19.9 Å². The summed E-state index contributed by atoms with van der Waals surface area (Å²) in [6.45, 7) is 0. The Morgan fingerprint density at radius 1 is 0.943 bits per heavy atom. The Kier molecular flexibility index (Phi) is 4.99. The number of benzene rings is 2. The molecule has 2 aromatic carbocycles. The van der Waals surface area contributed by atoms with Crippen molar-refractivity contribution in [1.82, 2.24) is 30.1 Å². The van der Waals surface area contributed by atoms with E-state index in [0.29, 0.717) is 28.3 Å². The van der Waals surface area contributed by atoms with Gasteiger partial charge in [0.1, 0.15) is 11.4 Å². The van der Waals surface area contributed by atoms with Crippen LogP contribution in [-0.2, 0) is 11.2 Å². The van der Waals surface area contributed by atoms with Crippen LogP contribution < -0.4 is 5.32 Å². The molecule has 0 spiro atoms. The van der Waals surface area contributed by atoms with Gasteiger partial charge < -0.3 is 10.3 Å². The molecule has 35 heavy (non-hydrogen) atoms. The summed E-state index contributed by atoms with van der Waals surface area (Å²) >= 11 is 0. The minimum Gasteiger partial charge on any atom is -0.337 e. The lowest BCUT2D eigenvalue weighted by Crippen LogP contribution is -2.14. The topological polar surface area (TPSA) is 112 Å². The van der Waals surface area contributed by atoms with E-state index in [4.69, 9.17) is 0 Å². The summed E-state index contributed by atoms with van der Waals surface area (Å²) in [4.78, 5) is 28.7. The maximum absolute atomic E-state index is 15.8. The number of aromatic nitrogens is 6. The molecule has 3 N–H and O–H groups in total. The van der Waals surface area contributed by atoms with E-state index in [9.17, 15) is 4.79 Å². The lowest BCUT2D eigenvalue weighted by Gasteiger charge is -2.08. The van der Waals surface area contributed by atoms with Gasteiger partial charge >= 0.3 is 0 Å². The number of halogens is 1. The van der Waals surface area contributed by atoms with Crippen molar-refractivity contribution in [3.8, 4) is 22.8 Å². The first kappa shape index (κ1) is 20.7. The second-order valence-corrected chi connectivity index (χ2v) is 8.06. The number of pyridine rings is 2. The van der Waals surface area contributed by atoms with Crippen molar-refractivity contribution in [2.75, 3.05) is 5.32 Å². The molecule has 170 valence electrons. The minimum absolute atomic E-state index is 0.0999. The van der Waals surface area contributed by atoms with E-state index in [0.717, 1.165) is 16.6 Å². The second-order valence-electron chi connectivity index (χ2n) is 8.06. The Balaban J connectivity index is 1.34. The summed E-state index contributed by atoms with van der Waals surface area (Å²) in [5.74, 6) is -0.296. The fraction of sp³-hybridized carbons (Fsp3) is 0.0385. The average molecular weight is 463 g/mol. The van der Waals surface area contributed by atoms with Crippen LogP contribution in [0.25, 0.3) is 44.7 Å². The molecule has 6 rings (SSSR count). The third-order valence-electron chi connectivity index (χ3n) is 5.66. The van der Waals surface area contributed by atoms with Crippen LogP contribution in [0.1, 0.15) is 5.56 Å². The fourth-order valence-electron chi connectivity index (χ4n) is 4.04. The Labute approximate surface area is 198 Å². The zero-order chi connectivity index (χ0) is 23.8. The first-order valence-corrected chi connectivity index (χ1v) is 10.9. The molecule has 9 heteroatoms. The van der Waals surface area contributed by atoms with E-state index in [-0.39, 0.29) is 23.4 Å². The molecular weight excluding hydrogens is 445 g/mol. The molecule has 0 saturated heterocycles. The first-order valence-electron chi connectivity index (χ1n) is 10.9. The highest BCUT2D eigenvalue weighted by atomic mass is 19.1. The zero-order valence-corrected chi connectivity index (χ0v) is 18.3. The molecule has 0 saturated carbocycles. The van der Waals surface area contributed by atoms with Crippen LogP contribution in [0.3, 0.4) is 0 Å². The number of anilines is 1. The number of rotatable bonds is 5. The number of carbonyl (C=O) groups is 1. The number of nitrogens with zero attached hydrogens (tertiary/aromatic N) is 4. The predicted octanol–water partition coefficient (Wildman–Crippen LogP) is 4.88. The van der Waals surface area contributed by atoms with Crippen molar-refractivity contribution in [2.45, 2.75) is 6.42 Å². The molecule has 0 unspecified atom stereocenters. The summed E-state index contributed by atoms with van der Waals surface area (Å²) in [5.41, 5.74) is 4.27. The number of hydrogen-bond donors (Lipinski definition) is 3. The van der Waals surface area contributed by atoms with Crippen LogP contribution in [0.4, 0.5) is 10.1 Å². The van der Waals surface area contributed by atoms with Gasteiger partial charge in [0.15, 0.2) is 11.6 Å². The Bertz CT molecular complexity index is 1660. The van der Waals surface area contributed by atoms with Gasteiger partial charge in [-0.1, -0.05) is 42.5 Å². The van der Waals surface area contributed by atoms with Crippen molar-refractivity contribution in [3.63, 3.8) is 0 Å². The molecule has 0 fully saturated rings. The van der Waals surface area contributed by atoms with Crippen molar-refractivity contribution in [2.24, 2.45) is 0 Å². The van der Waals surface area contributed by atoms with Crippen molar-refractivity contribution >= 4 is 33.5 Å². The number of para-hydroxylation sites is 2. The van der Waals surface area contributed by atoms with Gasteiger partial charge in [0.2, 0.25) is 5.91 Å². The van der Waals surface area contributed by atoms with Crippen LogP contribution in [-0.4, -0.2) is 36.0 Å². The fourth-order valence-corrected chi connectivity index (χ4v) is 4.04. The van der Waals surface area contributed by atoms with Crippen LogP contribution >= 0.6 is 0 Å². The highest BCUT2D eigenvalue weighted by Gasteiger charge is 2.20. The third-order valence-corrected chi connectivity index (χ3v) is 5.66. The van der Waals surface area contributed by atoms with E-state index in [1.807, 2.05) is 54.6 Å². The smallest absolute Gasteiger partial charge is 0.228 e. The van der Waals surface area contributed by atoms with Gasteiger partial charge in [-0.25, -0.2) is 9.37 Å². The first-order chi connectivity index (χ1) is 17.2. The second kappa shape index (κ2) is 8.45. The van der Waals surface area contributed by atoms with Gasteiger partial charge in [-0.05, 0) is 23.8 Å². The summed E-state index contributed by atoms with van der Waals surface area (Å²) in [6.07, 6.45) is 4.76. The van der Waals surface area contributed by atoms with Crippen LogP contribution in [0.15, 0.2) is 79.3 Å².